The zero-order chi connectivity index (χ0) is 15.4. The van der Waals surface area contributed by atoms with Gasteiger partial charge < -0.3 is 14.6 Å². The lowest BCUT2D eigenvalue weighted by Crippen LogP contribution is -2.51. The number of amides is 2. The van der Waals surface area contributed by atoms with Gasteiger partial charge in [0, 0.05) is 45.1 Å². The van der Waals surface area contributed by atoms with Crippen LogP contribution in [0.4, 0.5) is 0 Å². The van der Waals surface area contributed by atoms with E-state index >= 15 is 0 Å². The molecular formula is C16H23N3O3. The summed E-state index contributed by atoms with van der Waals surface area (Å²) in [6.07, 6.45) is 4.99. The molecule has 1 N–H and O–H groups in total. The fourth-order valence-electron chi connectivity index (χ4n) is 2.70. The first-order chi connectivity index (χ1) is 10.7. The largest absolute Gasteiger partial charge is 0.469 e. The van der Waals surface area contributed by atoms with Gasteiger partial charge in [0.25, 0.3) is 0 Å². The normalized spacial score (nSPS) is 19.2. The molecule has 0 bridgehead atoms. The molecule has 0 radical (unpaired) electrons. The van der Waals surface area contributed by atoms with Gasteiger partial charge in [-0.25, -0.2) is 0 Å². The maximum Gasteiger partial charge on any atom is 0.234 e. The first-order valence-corrected chi connectivity index (χ1v) is 8.02. The van der Waals surface area contributed by atoms with Crippen molar-refractivity contribution in [3.8, 4) is 0 Å². The number of hydrogen-bond donors (Lipinski definition) is 1. The molecule has 0 unspecified atom stereocenters. The van der Waals surface area contributed by atoms with E-state index in [1.54, 1.807) is 6.26 Å². The molecule has 120 valence electrons. The molecule has 1 aliphatic heterocycles. The highest BCUT2D eigenvalue weighted by Gasteiger charge is 2.26. The van der Waals surface area contributed by atoms with Gasteiger partial charge in [0.2, 0.25) is 11.8 Å². The lowest BCUT2D eigenvalue weighted by Gasteiger charge is -2.34. The van der Waals surface area contributed by atoms with Crippen LogP contribution < -0.4 is 5.32 Å². The maximum atomic E-state index is 12.2. The Morgan fingerprint density at radius 2 is 2.00 bits per heavy atom. The summed E-state index contributed by atoms with van der Waals surface area (Å²) in [4.78, 5) is 27.9. The Bertz CT molecular complexity index is 503. The number of rotatable bonds is 6. The lowest BCUT2D eigenvalue weighted by molar-refractivity contribution is -0.133. The van der Waals surface area contributed by atoms with Crippen LogP contribution in [-0.2, 0) is 16.0 Å². The number of carbonyl (C=O) groups is 2. The highest BCUT2D eigenvalue weighted by Crippen LogP contribution is 2.18. The summed E-state index contributed by atoms with van der Waals surface area (Å²) in [6.45, 7) is 3.39. The van der Waals surface area contributed by atoms with Crippen molar-refractivity contribution in [1.29, 1.82) is 0 Å². The van der Waals surface area contributed by atoms with E-state index in [0.29, 0.717) is 38.5 Å². The van der Waals surface area contributed by atoms with Crippen molar-refractivity contribution in [2.75, 3.05) is 32.7 Å². The van der Waals surface area contributed by atoms with Crippen LogP contribution in [0.3, 0.4) is 0 Å². The number of piperazine rings is 1. The molecule has 1 aromatic heterocycles. The number of nitrogens with zero attached hydrogens (tertiary/aromatic N) is 2. The number of hydrogen-bond acceptors (Lipinski definition) is 4. The minimum Gasteiger partial charge on any atom is -0.469 e. The van der Waals surface area contributed by atoms with Crippen molar-refractivity contribution in [2.24, 2.45) is 0 Å². The molecule has 2 fully saturated rings. The molecule has 0 spiro atoms. The quantitative estimate of drug-likeness (QED) is 0.837. The van der Waals surface area contributed by atoms with Gasteiger partial charge in [-0.05, 0) is 25.0 Å². The molecule has 3 rings (SSSR count). The maximum absolute atomic E-state index is 12.2. The van der Waals surface area contributed by atoms with Crippen molar-refractivity contribution < 1.29 is 14.0 Å². The number of carbonyl (C=O) groups excluding carboxylic acids is 2. The average Bonchev–Trinajstić information content (AvgIpc) is 3.16. The third-order valence-corrected chi connectivity index (χ3v) is 4.20. The fraction of sp³-hybridized carbons (Fsp3) is 0.625. The molecule has 1 aliphatic carbocycles. The van der Waals surface area contributed by atoms with Crippen LogP contribution in [0, 0.1) is 0 Å². The Labute approximate surface area is 130 Å². The van der Waals surface area contributed by atoms with Crippen molar-refractivity contribution >= 4 is 11.8 Å². The average molecular weight is 305 g/mol. The van der Waals surface area contributed by atoms with Crippen LogP contribution in [-0.4, -0.2) is 60.4 Å². The monoisotopic (exact) mass is 305 g/mol. The minimum atomic E-state index is 0.111. The lowest BCUT2D eigenvalue weighted by atomic mass is 10.2. The zero-order valence-corrected chi connectivity index (χ0v) is 12.8. The van der Waals surface area contributed by atoms with Crippen LogP contribution in [0.5, 0.6) is 0 Å². The molecular weight excluding hydrogens is 282 g/mol. The highest BCUT2D eigenvalue weighted by molar-refractivity contribution is 5.79. The second-order valence-electron chi connectivity index (χ2n) is 6.08. The second kappa shape index (κ2) is 6.96. The van der Waals surface area contributed by atoms with Crippen molar-refractivity contribution in [3.63, 3.8) is 0 Å². The van der Waals surface area contributed by atoms with Crippen LogP contribution in [0.2, 0.25) is 0 Å². The van der Waals surface area contributed by atoms with Crippen LogP contribution >= 0.6 is 0 Å². The molecule has 2 amide bonds. The summed E-state index contributed by atoms with van der Waals surface area (Å²) in [5, 5.41) is 3.00. The van der Waals surface area contributed by atoms with Gasteiger partial charge >= 0.3 is 0 Å². The highest BCUT2D eigenvalue weighted by atomic mass is 16.3. The minimum absolute atomic E-state index is 0.111. The summed E-state index contributed by atoms with van der Waals surface area (Å²) < 4.78 is 5.25. The molecule has 6 nitrogen and oxygen atoms in total. The van der Waals surface area contributed by atoms with E-state index < -0.39 is 0 Å². The van der Waals surface area contributed by atoms with E-state index in [-0.39, 0.29) is 11.8 Å². The Morgan fingerprint density at radius 1 is 1.23 bits per heavy atom. The first kappa shape index (κ1) is 15.1. The SMILES string of the molecule is O=C(CN1CCN(C(=O)CCc2ccco2)CC1)NC1CC1. The van der Waals surface area contributed by atoms with E-state index in [4.69, 9.17) is 4.42 Å². The zero-order valence-electron chi connectivity index (χ0n) is 12.8. The molecule has 22 heavy (non-hydrogen) atoms. The van der Waals surface area contributed by atoms with E-state index in [0.717, 1.165) is 31.7 Å². The van der Waals surface area contributed by atoms with Crippen LogP contribution in [0.15, 0.2) is 22.8 Å². The third kappa shape index (κ3) is 4.34. The second-order valence-corrected chi connectivity index (χ2v) is 6.08. The van der Waals surface area contributed by atoms with Gasteiger partial charge in [0.15, 0.2) is 0 Å². The van der Waals surface area contributed by atoms with Gasteiger partial charge in [-0.2, -0.15) is 0 Å². The first-order valence-electron chi connectivity index (χ1n) is 8.02. The molecule has 2 heterocycles. The Kier molecular flexibility index (Phi) is 4.77. The Morgan fingerprint density at radius 3 is 2.64 bits per heavy atom. The summed E-state index contributed by atoms with van der Waals surface area (Å²) in [5.41, 5.74) is 0. The molecule has 1 aromatic rings. The molecule has 1 saturated heterocycles. The van der Waals surface area contributed by atoms with Gasteiger partial charge in [-0.3, -0.25) is 14.5 Å². The van der Waals surface area contributed by atoms with Crippen molar-refractivity contribution in [1.82, 2.24) is 15.1 Å². The molecule has 1 saturated carbocycles. The van der Waals surface area contributed by atoms with Gasteiger partial charge in [-0.1, -0.05) is 0 Å². The van der Waals surface area contributed by atoms with E-state index in [1.807, 2.05) is 17.0 Å². The van der Waals surface area contributed by atoms with E-state index in [9.17, 15) is 9.59 Å². The summed E-state index contributed by atoms with van der Waals surface area (Å²) >= 11 is 0. The fourth-order valence-corrected chi connectivity index (χ4v) is 2.70. The Hall–Kier alpha value is -1.82. The molecule has 0 atom stereocenters. The number of furan rings is 1. The van der Waals surface area contributed by atoms with Crippen molar-refractivity contribution in [2.45, 2.75) is 31.7 Å². The number of aryl methyl sites for hydroxylation is 1. The predicted octanol–water partition coefficient (Wildman–Crippen LogP) is 0.635. The standard InChI is InChI=1S/C16H23N3O3/c20-15(17-13-3-4-13)12-18-7-9-19(10-8-18)16(21)6-5-14-2-1-11-22-14/h1-2,11,13H,3-10,12H2,(H,17,20). The third-order valence-electron chi connectivity index (χ3n) is 4.20. The molecule has 2 aliphatic rings. The Balaban J connectivity index is 1.35. The predicted molar refractivity (Wildman–Crippen MR) is 81.2 cm³/mol. The molecule has 6 heteroatoms. The van der Waals surface area contributed by atoms with E-state index in [2.05, 4.69) is 10.2 Å². The molecule has 0 aromatic carbocycles. The van der Waals surface area contributed by atoms with Gasteiger partial charge in [-0.15, -0.1) is 0 Å². The van der Waals surface area contributed by atoms with E-state index in [1.165, 1.54) is 0 Å². The van der Waals surface area contributed by atoms with Crippen LogP contribution in [0.1, 0.15) is 25.0 Å². The summed E-state index contributed by atoms with van der Waals surface area (Å²) in [7, 11) is 0. The topological polar surface area (TPSA) is 65.8 Å². The summed E-state index contributed by atoms with van der Waals surface area (Å²) in [6, 6.07) is 4.14. The van der Waals surface area contributed by atoms with Crippen LogP contribution in [0.25, 0.3) is 0 Å². The summed E-state index contributed by atoms with van der Waals surface area (Å²) in [5.74, 6) is 1.13. The van der Waals surface area contributed by atoms with Crippen molar-refractivity contribution in [3.05, 3.63) is 24.2 Å². The van der Waals surface area contributed by atoms with Gasteiger partial charge in [0.1, 0.15) is 5.76 Å². The van der Waals surface area contributed by atoms with Gasteiger partial charge in [0.05, 0.1) is 12.8 Å². The smallest absolute Gasteiger partial charge is 0.234 e. The number of nitrogens with one attached hydrogen (secondary N) is 1.